The predicted octanol–water partition coefficient (Wildman–Crippen LogP) is 3.00. The lowest BCUT2D eigenvalue weighted by molar-refractivity contribution is 1.04. The molecule has 4 heteroatoms. The molecular weight excluding hydrogens is 232 g/mol. The molecule has 3 aromatic rings. The van der Waals surface area contributed by atoms with Crippen LogP contribution in [0.1, 0.15) is 11.1 Å². The van der Waals surface area contributed by atoms with Gasteiger partial charge in [0.2, 0.25) is 0 Å². The fourth-order valence-electron chi connectivity index (χ4n) is 1.97. The number of aromatic nitrogens is 2. The van der Waals surface area contributed by atoms with Crippen molar-refractivity contribution >= 4 is 22.4 Å². The van der Waals surface area contributed by atoms with Gasteiger partial charge in [0, 0.05) is 0 Å². The van der Waals surface area contributed by atoms with Crippen LogP contribution >= 0.6 is 11.3 Å². The van der Waals surface area contributed by atoms with E-state index < -0.39 is 0 Å². The number of nitrogens with zero attached hydrogens (tertiary/aromatic N) is 1. The number of hydrogen-bond acceptors (Lipinski definition) is 2. The van der Waals surface area contributed by atoms with Crippen LogP contribution in [0.2, 0.25) is 0 Å². The van der Waals surface area contributed by atoms with Gasteiger partial charge in [-0.2, -0.15) is 0 Å². The molecule has 0 aliphatic rings. The summed E-state index contributed by atoms with van der Waals surface area (Å²) in [5, 5.41) is 3.01. The minimum absolute atomic E-state index is 0.0764. The van der Waals surface area contributed by atoms with Gasteiger partial charge in [-0.05, 0) is 48.6 Å². The van der Waals surface area contributed by atoms with Gasteiger partial charge < -0.3 is 4.98 Å². The molecular formula is C13H12N2OS. The lowest BCUT2D eigenvalue weighted by Crippen LogP contribution is -2.13. The highest BCUT2D eigenvalue weighted by Gasteiger charge is 2.09. The lowest BCUT2D eigenvalue weighted by atomic mass is 10.2. The number of H-pyrrole nitrogens is 1. The zero-order chi connectivity index (χ0) is 12.0. The van der Waals surface area contributed by atoms with E-state index in [4.69, 9.17) is 0 Å². The molecule has 0 saturated heterocycles. The van der Waals surface area contributed by atoms with Crippen molar-refractivity contribution in [2.45, 2.75) is 13.8 Å². The van der Waals surface area contributed by atoms with Gasteiger partial charge in [-0.25, -0.2) is 4.79 Å². The van der Waals surface area contributed by atoms with Crippen LogP contribution in [0, 0.1) is 13.8 Å². The third-order valence-electron chi connectivity index (χ3n) is 2.78. The van der Waals surface area contributed by atoms with Gasteiger partial charge in [0.15, 0.2) is 0 Å². The summed E-state index contributed by atoms with van der Waals surface area (Å²) in [5.74, 6) is 0. The van der Waals surface area contributed by atoms with E-state index in [0.717, 1.165) is 21.6 Å². The number of nitrogens with one attached hydrogen (secondary N) is 1. The summed E-state index contributed by atoms with van der Waals surface area (Å²) >= 11 is 1.59. The number of rotatable bonds is 1. The first kappa shape index (κ1) is 10.4. The van der Waals surface area contributed by atoms with Gasteiger partial charge in [-0.1, -0.05) is 6.07 Å². The van der Waals surface area contributed by atoms with Gasteiger partial charge in [-0.3, -0.25) is 4.57 Å². The third kappa shape index (κ3) is 1.61. The molecule has 0 atom stereocenters. The molecule has 2 heterocycles. The Morgan fingerprint density at radius 1 is 1.18 bits per heavy atom. The van der Waals surface area contributed by atoms with Crippen molar-refractivity contribution < 1.29 is 0 Å². The summed E-state index contributed by atoms with van der Waals surface area (Å²) in [7, 11) is 0. The minimum Gasteiger partial charge on any atom is -0.305 e. The maximum Gasteiger partial charge on any atom is 0.331 e. The Kier molecular flexibility index (Phi) is 2.19. The van der Waals surface area contributed by atoms with Crippen molar-refractivity contribution in [2.75, 3.05) is 0 Å². The van der Waals surface area contributed by atoms with E-state index in [9.17, 15) is 4.79 Å². The van der Waals surface area contributed by atoms with Gasteiger partial charge in [0.25, 0.3) is 0 Å². The van der Waals surface area contributed by atoms with E-state index in [2.05, 4.69) is 10.4 Å². The Bertz CT molecular complexity index is 748. The number of aromatic amines is 1. The summed E-state index contributed by atoms with van der Waals surface area (Å²) in [6, 6.07) is 8.01. The molecule has 3 rings (SSSR count). The summed E-state index contributed by atoms with van der Waals surface area (Å²) in [4.78, 5) is 14.8. The molecule has 0 spiro atoms. The average molecular weight is 244 g/mol. The van der Waals surface area contributed by atoms with Gasteiger partial charge in [0.05, 0.1) is 11.0 Å². The third-order valence-corrected chi connectivity index (χ3v) is 3.81. The second kappa shape index (κ2) is 3.60. The zero-order valence-electron chi connectivity index (χ0n) is 9.65. The lowest BCUT2D eigenvalue weighted by Gasteiger charge is -1.99. The van der Waals surface area contributed by atoms with Crippen molar-refractivity contribution in [1.29, 1.82) is 0 Å². The van der Waals surface area contributed by atoms with Crippen LogP contribution in [0.15, 0.2) is 34.4 Å². The second-order valence-electron chi connectivity index (χ2n) is 4.25. The molecule has 0 aliphatic carbocycles. The first-order valence-electron chi connectivity index (χ1n) is 5.42. The van der Waals surface area contributed by atoms with Crippen molar-refractivity contribution in [1.82, 2.24) is 9.55 Å². The number of imidazole rings is 1. The summed E-state index contributed by atoms with van der Waals surface area (Å²) in [5.41, 5.74) is 4.08. The summed E-state index contributed by atoms with van der Waals surface area (Å²) in [6.07, 6.45) is 0. The van der Waals surface area contributed by atoms with Crippen LogP contribution in [0.25, 0.3) is 16.0 Å². The van der Waals surface area contributed by atoms with E-state index in [1.165, 1.54) is 5.56 Å². The van der Waals surface area contributed by atoms with Crippen LogP contribution in [0.5, 0.6) is 0 Å². The SMILES string of the molecule is Cc1csc(-n2c(=O)[nH]c3ccc(C)cc32)c1. The molecule has 17 heavy (non-hydrogen) atoms. The highest BCUT2D eigenvalue weighted by atomic mass is 32.1. The van der Waals surface area contributed by atoms with E-state index in [-0.39, 0.29) is 5.69 Å². The quantitative estimate of drug-likeness (QED) is 0.702. The molecule has 0 radical (unpaired) electrons. The number of fused-ring (bicyclic) bond motifs is 1. The van der Waals surface area contributed by atoms with Crippen LogP contribution in [0.3, 0.4) is 0 Å². The Labute approximate surface area is 102 Å². The molecule has 86 valence electrons. The normalized spacial score (nSPS) is 11.2. The van der Waals surface area contributed by atoms with Crippen molar-refractivity contribution in [2.24, 2.45) is 0 Å². The number of aryl methyl sites for hydroxylation is 2. The fraction of sp³-hybridized carbons (Fsp3) is 0.154. The maximum atomic E-state index is 12.0. The number of thiophene rings is 1. The largest absolute Gasteiger partial charge is 0.331 e. The second-order valence-corrected chi connectivity index (χ2v) is 5.14. The van der Waals surface area contributed by atoms with E-state index in [1.807, 2.05) is 38.1 Å². The monoisotopic (exact) mass is 244 g/mol. The standard InChI is InChI=1S/C13H12N2OS/c1-8-3-4-10-11(5-8)15(13(16)14-10)12-6-9(2)7-17-12/h3-7H,1-2H3,(H,14,16). The maximum absolute atomic E-state index is 12.0. The summed E-state index contributed by atoms with van der Waals surface area (Å²) < 4.78 is 1.74. The van der Waals surface area contributed by atoms with Crippen LogP contribution in [-0.2, 0) is 0 Å². The Morgan fingerprint density at radius 2 is 2.00 bits per heavy atom. The molecule has 2 aromatic heterocycles. The highest BCUT2D eigenvalue weighted by molar-refractivity contribution is 7.12. The average Bonchev–Trinajstić information content (AvgIpc) is 2.81. The predicted molar refractivity (Wildman–Crippen MR) is 71.2 cm³/mol. The van der Waals surface area contributed by atoms with Crippen LogP contribution in [-0.4, -0.2) is 9.55 Å². The van der Waals surface area contributed by atoms with E-state index >= 15 is 0 Å². The Balaban J connectivity index is 2.39. The first-order chi connectivity index (χ1) is 8.15. The molecule has 0 unspecified atom stereocenters. The van der Waals surface area contributed by atoms with Crippen molar-refractivity contribution in [3.8, 4) is 5.00 Å². The fourth-order valence-corrected chi connectivity index (χ4v) is 2.88. The molecule has 0 fully saturated rings. The van der Waals surface area contributed by atoms with E-state index in [0.29, 0.717) is 0 Å². The molecule has 0 amide bonds. The minimum atomic E-state index is -0.0764. The molecule has 0 saturated carbocycles. The number of hydrogen-bond donors (Lipinski definition) is 1. The highest BCUT2D eigenvalue weighted by Crippen LogP contribution is 2.22. The van der Waals surface area contributed by atoms with Gasteiger partial charge >= 0.3 is 5.69 Å². The molecule has 3 nitrogen and oxygen atoms in total. The van der Waals surface area contributed by atoms with Crippen molar-refractivity contribution in [3.63, 3.8) is 0 Å². The van der Waals surface area contributed by atoms with Gasteiger partial charge in [-0.15, -0.1) is 11.3 Å². The molecule has 1 N–H and O–H groups in total. The van der Waals surface area contributed by atoms with Crippen LogP contribution in [0.4, 0.5) is 0 Å². The molecule has 1 aromatic carbocycles. The Hall–Kier alpha value is -1.81. The first-order valence-corrected chi connectivity index (χ1v) is 6.30. The van der Waals surface area contributed by atoms with Crippen LogP contribution < -0.4 is 5.69 Å². The molecule has 0 aliphatic heterocycles. The topological polar surface area (TPSA) is 37.8 Å². The number of benzene rings is 1. The Morgan fingerprint density at radius 3 is 2.71 bits per heavy atom. The van der Waals surface area contributed by atoms with Crippen molar-refractivity contribution in [3.05, 3.63) is 51.3 Å². The zero-order valence-corrected chi connectivity index (χ0v) is 10.5. The smallest absolute Gasteiger partial charge is 0.305 e. The van der Waals surface area contributed by atoms with Gasteiger partial charge in [0.1, 0.15) is 5.00 Å². The summed E-state index contributed by atoms with van der Waals surface area (Å²) in [6.45, 7) is 4.06. The van der Waals surface area contributed by atoms with E-state index in [1.54, 1.807) is 15.9 Å². The molecule has 0 bridgehead atoms.